The molecule has 3 aromatic carbocycles. The second-order valence-corrected chi connectivity index (χ2v) is 11.3. The van der Waals surface area contributed by atoms with E-state index in [0.29, 0.717) is 0 Å². The molecule has 0 aliphatic carbocycles. The highest BCUT2D eigenvalue weighted by Gasteiger charge is 2.24. The van der Waals surface area contributed by atoms with Gasteiger partial charge >= 0.3 is 24.2 Å². The highest BCUT2D eigenvalue weighted by Crippen LogP contribution is 2.19. The molecule has 0 saturated carbocycles. The van der Waals surface area contributed by atoms with Crippen LogP contribution < -0.4 is 26.0 Å². The molecule has 4 N–H and O–H groups in total. The zero-order chi connectivity index (χ0) is 35.1. The van der Waals surface area contributed by atoms with E-state index in [0.717, 1.165) is 11.1 Å². The number of nitrogens with zero attached hydrogens (tertiary/aromatic N) is 1. The summed E-state index contributed by atoms with van der Waals surface area (Å²) in [5, 5.41) is 9.66. The molecule has 14 heteroatoms. The van der Waals surface area contributed by atoms with Gasteiger partial charge in [0.25, 0.3) is 0 Å². The van der Waals surface area contributed by atoms with Gasteiger partial charge in [0.2, 0.25) is 11.9 Å². The van der Waals surface area contributed by atoms with Crippen LogP contribution >= 0.6 is 0 Å². The maximum Gasteiger partial charge on any atom is 0.414 e. The van der Waals surface area contributed by atoms with E-state index in [1.54, 1.807) is 69.3 Å². The van der Waals surface area contributed by atoms with Crippen LogP contribution in [0.1, 0.15) is 45.7 Å². The minimum Gasteiger partial charge on any atom is -0.444 e. The molecule has 2 atom stereocenters. The second-order valence-electron chi connectivity index (χ2n) is 11.3. The molecule has 4 amide bonds. The lowest BCUT2D eigenvalue weighted by atomic mass is 10.2. The number of alkyl carbamates (subject to hydrolysis) is 3. The molecule has 0 radical (unpaired) electrons. The van der Waals surface area contributed by atoms with Crippen molar-refractivity contribution >= 4 is 41.8 Å². The van der Waals surface area contributed by atoms with Crippen molar-refractivity contribution in [3.8, 4) is 5.75 Å². The predicted molar refractivity (Wildman–Crippen MR) is 175 cm³/mol. The van der Waals surface area contributed by atoms with Crippen LogP contribution in [0, 0.1) is 0 Å². The van der Waals surface area contributed by atoms with Crippen molar-refractivity contribution in [3.63, 3.8) is 0 Å². The van der Waals surface area contributed by atoms with Crippen LogP contribution in [0.2, 0.25) is 0 Å². The Morgan fingerprint density at radius 3 is 1.65 bits per heavy atom. The molecular formula is C34H39N5O9. The highest BCUT2D eigenvalue weighted by molar-refractivity contribution is 6.02. The number of guanidine groups is 1. The Bertz CT molecular complexity index is 1510. The summed E-state index contributed by atoms with van der Waals surface area (Å²) in [5.74, 6) is -1.53. The molecule has 0 heterocycles. The Morgan fingerprint density at radius 2 is 1.17 bits per heavy atom. The predicted octanol–water partition coefficient (Wildman–Crippen LogP) is 4.85. The molecule has 14 nitrogen and oxygen atoms in total. The summed E-state index contributed by atoms with van der Waals surface area (Å²) in [7, 11) is 0. The third-order valence-electron chi connectivity index (χ3n) is 6.00. The zero-order valence-corrected chi connectivity index (χ0v) is 27.3. The fourth-order valence-corrected chi connectivity index (χ4v) is 3.67. The first kappa shape index (κ1) is 36.5. The second kappa shape index (κ2) is 17.7. The summed E-state index contributed by atoms with van der Waals surface area (Å²) < 4.78 is 20.9. The molecule has 3 aromatic rings. The van der Waals surface area contributed by atoms with Crippen molar-refractivity contribution in [3.05, 3.63) is 96.1 Å². The van der Waals surface area contributed by atoms with Gasteiger partial charge in [0, 0.05) is 0 Å². The maximum absolute atomic E-state index is 12.6. The maximum atomic E-state index is 12.6. The quantitative estimate of drug-likeness (QED) is 0.0776. The average Bonchev–Trinajstić information content (AvgIpc) is 3.03. The largest absolute Gasteiger partial charge is 0.444 e. The topological polar surface area (TPSA) is 183 Å². The fourth-order valence-electron chi connectivity index (χ4n) is 3.67. The first-order valence-corrected chi connectivity index (χ1v) is 14.9. The SMILES string of the molecule is C[C@@H](NC(=O)OC(C)(C)C)C(=O)N[C@H](C)C(=O)Oc1ccc(N=C(NC(=O)OCc2ccccc2)NC(=O)OCc2ccccc2)cc1. The molecule has 0 saturated heterocycles. The number of carbonyl (C=O) groups is 5. The van der Waals surface area contributed by atoms with E-state index in [4.69, 9.17) is 18.9 Å². The number of amides is 4. The summed E-state index contributed by atoms with van der Waals surface area (Å²) >= 11 is 0. The monoisotopic (exact) mass is 661 g/mol. The Labute approximate surface area is 278 Å². The van der Waals surface area contributed by atoms with E-state index in [1.807, 2.05) is 12.1 Å². The molecule has 0 bridgehead atoms. The van der Waals surface area contributed by atoms with E-state index in [1.165, 1.54) is 38.1 Å². The van der Waals surface area contributed by atoms with E-state index >= 15 is 0 Å². The number of benzene rings is 3. The minimum absolute atomic E-state index is 0.0173. The van der Waals surface area contributed by atoms with Crippen LogP contribution in [0.4, 0.5) is 20.1 Å². The van der Waals surface area contributed by atoms with Crippen molar-refractivity contribution in [1.29, 1.82) is 0 Å². The van der Waals surface area contributed by atoms with Crippen LogP contribution in [-0.4, -0.2) is 53.8 Å². The number of hydrogen-bond donors (Lipinski definition) is 4. The summed E-state index contributed by atoms with van der Waals surface area (Å²) in [5.41, 5.74) is 1.04. The van der Waals surface area contributed by atoms with Crippen molar-refractivity contribution in [2.24, 2.45) is 4.99 Å². The normalized spacial score (nSPS) is 11.9. The molecular weight excluding hydrogens is 622 g/mol. The third kappa shape index (κ3) is 13.6. The summed E-state index contributed by atoms with van der Waals surface area (Å²) in [6, 6.07) is 21.8. The fraction of sp³-hybridized carbons (Fsp3) is 0.294. The van der Waals surface area contributed by atoms with Crippen LogP contribution in [0.3, 0.4) is 0 Å². The molecule has 48 heavy (non-hydrogen) atoms. The van der Waals surface area contributed by atoms with Gasteiger partial charge in [0.15, 0.2) is 0 Å². The first-order valence-electron chi connectivity index (χ1n) is 14.9. The van der Waals surface area contributed by atoms with E-state index in [2.05, 4.69) is 26.3 Å². The van der Waals surface area contributed by atoms with Gasteiger partial charge in [0.05, 0.1) is 5.69 Å². The smallest absolute Gasteiger partial charge is 0.414 e. The number of carbonyl (C=O) groups excluding carboxylic acids is 5. The van der Waals surface area contributed by atoms with Crippen molar-refractivity contribution in [2.45, 2.75) is 65.5 Å². The number of esters is 1. The summed E-state index contributed by atoms with van der Waals surface area (Å²) in [6.07, 6.45) is -2.53. The number of rotatable bonds is 10. The standard InChI is InChI=1S/C34H39N5O9/c1-22(36-33(44)48-34(3,4)5)28(40)35-23(2)29(41)47-27-18-16-26(17-19-27)37-30(38-31(42)45-20-24-12-8-6-9-13-24)39-32(43)46-21-25-14-10-7-11-15-25/h6-19,22-23H,20-21H2,1-5H3,(H,35,40)(H,36,44)(H2,37,38,39,42,43)/t22-,23-/m1/s1. The number of aliphatic imine (C=N–C) groups is 1. The van der Waals surface area contributed by atoms with E-state index in [-0.39, 0.29) is 30.6 Å². The lowest BCUT2D eigenvalue weighted by Gasteiger charge is -2.22. The Balaban J connectivity index is 1.60. The van der Waals surface area contributed by atoms with Gasteiger partial charge in [-0.1, -0.05) is 60.7 Å². The van der Waals surface area contributed by atoms with Crippen molar-refractivity contribution in [2.75, 3.05) is 0 Å². The van der Waals surface area contributed by atoms with Crippen molar-refractivity contribution < 1.29 is 42.9 Å². The molecule has 0 aromatic heterocycles. The molecule has 3 rings (SSSR count). The summed E-state index contributed by atoms with van der Waals surface area (Å²) in [6.45, 7) is 7.91. The van der Waals surface area contributed by atoms with Crippen LogP contribution in [0.25, 0.3) is 0 Å². The number of hydrogen-bond acceptors (Lipinski definition) is 10. The third-order valence-corrected chi connectivity index (χ3v) is 6.00. The van der Waals surface area contributed by atoms with Gasteiger partial charge in [-0.3, -0.25) is 15.4 Å². The van der Waals surface area contributed by atoms with Gasteiger partial charge in [-0.05, 0) is 70.0 Å². The van der Waals surface area contributed by atoms with E-state index < -0.39 is 47.8 Å². The van der Waals surface area contributed by atoms with Gasteiger partial charge in [-0.15, -0.1) is 0 Å². The number of ether oxygens (including phenoxy) is 4. The highest BCUT2D eigenvalue weighted by atomic mass is 16.6. The molecule has 254 valence electrons. The van der Waals surface area contributed by atoms with Crippen molar-refractivity contribution in [1.82, 2.24) is 21.3 Å². The lowest BCUT2D eigenvalue weighted by molar-refractivity contribution is -0.139. The minimum atomic E-state index is -1.05. The molecule has 0 aliphatic rings. The molecule has 0 aliphatic heterocycles. The van der Waals surface area contributed by atoms with E-state index in [9.17, 15) is 24.0 Å². The lowest BCUT2D eigenvalue weighted by Crippen LogP contribution is -2.50. The number of nitrogens with one attached hydrogen (secondary N) is 4. The average molecular weight is 662 g/mol. The first-order chi connectivity index (χ1) is 22.8. The van der Waals surface area contributed by atoms with Gasteiger partial charge in [-0.25, -0.2) is 24.2 Å². The Kier molecular flexibility index (Phi) is 13.5. The molecule has 0 spiro atoms. The van der Waals surface area contributed by atoms with Gasteiger partial charge < -0.3 is 29.6 Å². The molecule has 0 unspecified atom stereocenters. The zero-order valence-electron chi connectivity index (χ0n) is 27.3. The van der Waals surface area contributed by atoms with Crippen LogP contribution in [-0.2, 0) is 37.0 Å². The van der Waals surface area contributed by atoms with Gasteiger partial charge in [-0.2, -0.15) is 0 Å². The Morgan fingerprint density at radius 1 is 0.667 bits per heavy atom. The van der Waals surface area contributed by atoms with Crippen LogP contribution in [0.5, 0.6) is 5.75 Å². The van der Waals surface area contributed by atoms with Crippen LogP contribution in [0.15, 0.2) is 89.9 Å². The molecule has 0 fully saturated rings. The summed E-state index contributed by atoms with van der Waals surface area (Å²) in [4.78, 5) is 66.3. The Hall–Kier alpha value is -5.92. The van der Waals surface area contributed by atoms with Gasteiger partial charge in [0.1, 0.15) is 36.6 Å².